The summed E-state index contributed by atoms with van der Waals surface area (Å²) in [6.07, 6.45) is 1.76. The quantitative estimate of drug-likeness (QED) is 0.636. The van der Waals surface area contributed by atoms with Gasteiger partial charge in [-0.25, -0.2) is 4.79 Å². The Hall–Kier alpha value is -1.66. The molecule has 0 atom stereocenters. The second-order valence-corrected chi connectivity index (χ2v) is 4.73. The topological polar surface area (TPSA) is 80.0 Å². The Bertz CT molecular complexity index is 477. The van der Waals surface area contributed by atoms with Gasteiger partial charge >= 0.3 is 5.97 Å². The summed E-state index contributed by atoms with van der Waals surface area (Å²) in [6.45, 7) is 3.29. The zero-order valence-corrected chi connectivity index (χ0v) is 13.4. The molecule has 0 spiro atoms. The Morgan fingerprint density at radius 3 is 2.73 bits per heavy atom. The van der Waals surface area contributed by atoms with E-state index in [0.717, 1.165) is 12.8 Å². The standard InChI is InChI=1S/C15H21NO5.ClH/c1-2-19-15(17)10-20-14-9-11(16)3-4-13(14)21-12-5-7-18-8-6-12;/h3-4,9,12H,2,5-8,10,16H2,1H3;1H. The van der Waals surface area contributed by atoms with Crippen LogP contribution in [0, 0.1) is 0 Å². The highest BCUT2D eigenvalue weighted by molar-refractivity contribution is 5.85. The van der Waals surface area contributed by atoms with E-state index < -0.39 is 5.97 Å². The third-order valence-corrected chi connectivity index (χ3v) is 3.08. The Kier molecular flexibility index (Phi) is 7.84. The van der Waals surface area contributed by atoms with Crippen molar-refractivity contribution in [3.63, 3.8) is 0 Å². The van der Waals surface area contributed by atoms with Crippen LogP contribution in [-0.4, -0.2) is 38.5 Å². The molecular formula is C15H22ClNO5. The van der Waals surface area contributed by atoms with E-state index in [1.165, 1.54) is 0 Å². The predicted octanol–water partition coefficient (Wildman–Crippen LogP) is 2.19. The highest BCUT2D eigenvalue weighted by Gasteiger charge is 2.18. The number of hydrogen-bond acceptors (Lipinski definition) is 6. The molecule has 0 unspecified atom stereocenters. The monoisotopic (exact) mass is 331 g/mol. The lowest BCUT2D eigenvalue weighted by atomic mass is 10.1. The first kappa shape index (κ1) is 18.4. The van der Waals surface area contributed by atoms with Crippen LogP contribution in [0.15, 0.2) is 18.2 Å². The smallest absolute Gasteiger partial charge is 0.344 e. The molecule has 1 saturated heterocycles. The van der Waals surface area contributed by atoms with Crippen molar-refractivity contribution in [2.45, 2.75) is 25.9 Å². The summed E-state index contributed by atoms with van der Waals surface area (Å²) in [5.41, 5.74) is 6.30. The molecule has 2 N–H and O–H groups in total. The van der Waals surface area contributed by atoms with Crippen molar-refractivity contribution >= 4 is 24.1 Å². The van der Waals surface area contributed by atoms with Gasteiger partial charge in [-0.3, -0.25) is 0 Å². The van der Waals surface area contributed by atoms with E-state index in [1.807, 2.05) is 0 Å². The summed E-state index contributed by atoms with van der Waals surface area (Å²) in [5, 5.41) is 0. The zero-order chi connectivity index (χ0) is 15.1. The van der Waals surface area contributed by atoms with Crippen LogP contribution in [0.25, 0.3) is 0 Å². The van der Waals surface area contributed by atoms with Gasteiger partial charge in [0, 0.05) is 24.6 Å². The number of anilines is 1. The number of halogens is 1. The number of nitrogens with two attached hydrogens (primary N) is 1. The van der Waals surface area contributed by atoms with Crippen LogP contribution in [0.5, 0.6) is 11.5 Å². The van der Waals surface area contributed by atoms with Crippen molar-refractivity contribution in [1.29, 1.82) is 0 Å². The largest absolute Gasteiger partial charge is 0.486 e. The van der Waals surface area contributed by atoms with Gasteiger partial charge in [-0.2, -0.15) is 0 Å². The van der Waals surface area contributed by atoms with Crippen molar-refractivity contribution < 1.29 is 23.7 Å². The van der Waals surface area contributed by atoms with Crippen LogP contribution in [-0.2, 0) is 14.3 Å². The van der Waals surface area contributed by atoms with Crippen LogP contribution < -0.4 is 15.2 Å². The van der Waals surface area contributed by atoms with Crippen molar-refractivity contribution in [2.75, 3.05) is 32.2 Å². The second kappa shape index (κ2) is 9.38. The third-order valence-electron chi connectivity index (χ3n) is 3.08. The highest BCUT2D eigenvalue weighted by atomic mass is 35.5. The first-order chi connectivity index (χ1) is 10.2. The average Bonchev–Trinajstić information content (AvgIpc) is 2.49. The van der Waals surface area contributed by atoms with Gasteiger partial charge in [0.1, 0.15) is 6.10 Å². The van der Waals surface area contributed by atoms with E-state index in [0.29, 0.717) is 37.0 Å². The molecule has 1 heterocycles. The molecule has 0 aromatic heterocycles. The van der Waals surface area contributed by atoms with Crippen LogP contribution in [0.3, 0.4) is 0 Å². The molecule has 0 radical (unpaired) electrons. The molecule has 0 amide bonds. The molecule has 2 rings (SSSR count). The minimum Gasteiger partial charge on any atom is -0.486 e. The predicted molar refractivity (Wildman–Crippen MR) is 84.7 cm³/mol. The maximum absolute atomic E-state index is 11.4. The SMILES string of the molecule is CCOC(=O)COc1cc(N)ccc1OC1CCOCC1.Cl. The van der Waals surface area contributed by atoms with Gasteiger partial charge in [0.05, 0.1) is 19.8 Å². The zero-order valence-electron chi connectivity index (χ0n) is 12.6. The fourth-order valence-electron chi connectivity index (χ4n) is 2.05. The van der Waals surface area contributed by atoms with Gasteiger partial charge in [-0.05, 0) is 19.1 Å². The Labute approximate surface area is 136 Å². The number of carbonyl (C=O) groups excluding carboxylic acids is 1. The van der Waals surface area contributed by atoms with Gasteiger partial charge < -0.3 is 24.7 Å². The van der Waals surface area contributed by atoms with Gasteiger partial charge in [0.2, 0.25) is 0 Å². The highest BCUT2D eigenvalue weighted by Crippen LogP contribution is 2.31. The summed E-state index contributed by atoms with van der Waals surface area (Å²) in [4.78, 5) is 11.4. The number of benzene rings is 1. The van der Waals surface area contributed by atoms with Gasteiger partial charge in [0.15, 0.2) is 18.1 Å². The number of esters is 1. The Morgan fingerprint density at radius 1 is 1.32 bits per heavy atom. The maximum atomic E-state index is 11.4. The second-order valence-electron chi connectivity index (χ2n) is 4.73. The Balaban J connectivity index is 0.00000242. The maximum Gasteiger partial charge on any atom is 0.344 e. The first-order valence-corrected chi connectivity index (χ1v) is 7.11. The molecule has 6 nitrogen and oxygen atoms in total. The molecule has 1 fully saturated rings. The number of ether oxygens (including phenoxy) is 4. The van der Waals surface area contributed by atoms with Crippen molar-refractivity contribution in [3.8, 4) is 11.5 Å². The molecular weight excluding hydrogens is 310 g/mol. The van der Waals surface area contributed by atoms with Crippen molar-refractivity contribution in [1.82, 2.24) is 0 Å². The van der Waals surface area contributed by atoms with Crippen LogP contribution in [0.2, 0.25) is 0 Å². The summed E-state index contributed by atoms with van der Waals surface area (Å²) >= 11 is 0. The number of rotatable bonds is 6. The van der Waals surface area contributed by atoms with Crippen molar-refractivity contribution in [2.24, 2.45) is 0 Å². The molecule has 22 heavy (non-hydrogen) atoms. The van der Waals surface area contributed by atoms with E-state index >= 15 is 0 Å². The van der Waals surface area contributed by atoms with Crippen LogP contribution >= 0.6 is 12.4 Å². The number of hydrogen-bond donors (Lipinski definition) is 1. The van der Waals surface area contributed by atoms with Gasteiger partial charge in [-0.1, -0.05) is 0 Å². The molecule has 1 aromatic carbocycles. The normalized spacial score (nSPS) is 14.8. The molecule has 1 aliphatic heterocycles. The molecule has 7 heteroatoms. The summed E-state index contributed by atoms with van der Waals surface area (Å²) in [6, 6.07) is 5.14. The summed E-state index contributed by atoms with van der Waals surface area (Å²) in [5.74, 6) is 0.617. The molecule has 124 valence electrons. The molecule has 0 bridgehead atoms. The van der Waals surface area contributed by atoms with Crippen molar-refractivity contribution in [3.05, 3.63) is 18.2 Å². The fourth-order valence-corrected chi connectivity index (χ4v) is 2.05. The summed E-state index contributed by atoms with van der Waals surface area (Å²) in [7, 11) is 0. The fraction of sp³-hybridized carbons (Fsp3) is 0.533. The Morgan fingerprint density at radius 2 is 2.05 bits per heavy atom. The first-order valence-electron chi connectivity index (χ1n) is 7.11. The number of nitrogen functional groups attached to an aromatic ring is 1. The molecule has 0 aliphatic carbocycles. The van der Waals surface area contributed by atoms with Gasteiger partial charge in [-0.15, -0.1) is 12.4 Å². The summed E-state index contributed by atoms with van der Waals surface area (Å²) < 4.78 is 21.5. The van der Waals surface area contributed by atoms with E-state index in [4.69, 9.17) is 24.7 Å². The molecule has 1 aliphatic rings. The van der Waals surface area contributed by atoms with Gasteiger partial charge in [0.25, 0.3) is 0 Å². The van der Waals surface area contributed by atoms with E-state index in [1.54, 1.807) is 25.1 Å². The van der Waals surface area contributed by atoms with E-state index in [-0.39, 0.29) is 25.1 Å². The number of carbonyl (C=O) groups is 1. The van der Waals surface area contributed by atoms with E-state index in [2.05, 4.69) is 0 Å². The van der Waals surface area contributed by atoms with E-state index in [9.17, 15) is 4.79 Å². The van der Waals surface area contributed by atoms with Crippen LogP contribution in [0.4, 0.5) is 5.69 Å². The van der Waals surface area contributed by atoms with Crippen LogP contribution in [0.1, 0.15) is 19.8 Å². The minimum atomic E-state index is -0.419. The minimum absolute atomic E-state index is 0. The average molecular weight is 332 g/mol. The lowest BCUT2D eigenvalue weighted by molar-refractivity contribution is -0.145. The lowest BCUT2D eigenvalue weighted by Crippen LogP contribution is -2.26. The lowest BCUT2D eigenvalue weighted by Gasteiger charge is -2.24. The molecule has 0 saturated carbocycles. The third kappa shape index (κ3) is 5.61. The molecule has 1 aromatic rings.